The van der Waals surface area contributed by atoms with E-state index in [2.05, 4.69) is 37.7 Å². The normalized spacial score (nSPS) is 19.7. The molecule has 1 aliphatic heterocycles. The highest BCUT2D eigenvalue weighted by Gasteiger charge is 2.36. The molecule has 150 valence electrons. The van der Waals surface area contributed by atoms with Gasteiger partial charge in [0.2, 0.25) is 11.9 Å². The molecule has 1 fully saturated rings. The number of nitrogens with one attached hydrogen (secondary N) is 3. The molecule has 2 atom stereocenters. The minimum atomic E-state index is -0.995. The van der Waals surface area contributed by atoms with Gasteiger partial charge in [-0.15, -0.1) is 0 Å². The number of carbonyl (C=O) groups is 2. The summed E-state index contributed by atoms with van der Waals surface area (Å²) in [6, 6.07) is 1.82. The molecule has 3 amide bonds. The van der Waals surface area contributed by atoms with Gasteiger partial charge >= 0.3 is 6.03 Å². The predicted octanol–water partition coefficient (Wildman–Crippen LogP) is 1.66. The summed E-state index contributed by atoms with van der Waals surface area (Å²) < 4.78 is 0. The van der Waals surface area contributed by atoms with Crippen molar-refractivity contribution in [1.29, 1.82) is 0 Å². The van der Waals surface area contributed by atoms with E-state index in [1.807, 2.05) is 26.8 Å². The van der Waals surface area contributed by atoms with Gasteiger partial charge in [0, 0.05) is 36.6 Å². The summed E-state index contributed by atoms with van der Waals surface area (Å²) in [6.07, 6.45) is 1.65. The van der Waals surface area contributed by atoms with Crippen molar-refractivity contribution in [3.8, 4) is 0 Å². The molecule has 0 aromatic carbocycles. The highest BCUT2D eigenvalue weighted by atomic mass is 16.2. The molecule has 0 radical (unpaired) electrons. The lowest BCUT2D eigenvalue weighted by Gasteiger charge is -2.27. The predicted molar refractivity (Wildman–Crippen MR) is 106 cm³/mol. The molecule has 0 bridgehead atoms. The fraction of sp³-hybridized carbons (Fsp3) is 0.684. The minimum absolute atomic E-state index is 0.0169. The number of aromatic nitrogens is 2. The van der Waals surface area contributed by atoms with Gasteiger partial charge in [0.15, 0.2) is 0 Å². The lowest BCUT2D eigenvalue weighted by Crippen LogP contribution is -2.58. The van der Waals surface area contributed by atoms with Gasteiger partial charge in [-0.2, -0.15) is 0 Å². The van der Waals surface area contributed by atoms with Crippen LogP contribution in [-0.4, -0.2) is 52.6 Å². The molecule has 1 aromatic rings. The van der Waals surface area contributed by atoms with Crippen LogP contribution in [0.5, 0.6) is 0 Å². The van der Waals surface area contributed by atoms with Crippen LogP contribution in [0.4, 0.5) is 10.7 Å². The van der Waals surface area contributed by atoms with Crippen molar-refractivity contribution in [1.82, 2.24) is 25.9 Å². The molecule has 1 aliphatic rings. The summed E-state index contributed by atoms with van der Waals surface area (Å²) in [5.41, 5.74) is 0.867. The Morgan fingerprint density at radius 1 is 1.26 bits per heavy atom. The van der Waals surface area contributed by atoms with Crippen LogP contribution in [0.3, 0.4) is 0 Å². The Kier molecular flexibility index (Phi) is 6.62. The topological polar surface area (TPSA) is 99.2 Å². The summed E-state index contributed by atoms with van der Waals surface area (Å²) in [5, 5.41) is 8.52. The number of hydrogen-bond acceptors (Lipinski definition) is 5. The molecular weight excluding hydrogens is 344 g/mol. The molecule has 1 saturated heterocycles. The number of aryl methyl sites for hydroxylation is 2. The molecule has 0 aliphatic carbocycles. The maximum absolute atomic E-state index is 12.7. The van der Waals surface area contributed by atoms with Gasteiger partial charge in [-0.05, 0) is 53.5 Å². The second-order valence-corrected chi connectivity index (χ2v) is 7.86. The van der Waals surface area contributed by atoms with Crippen molar-refractivity contribution >= 4 is 17.9 Å². The van der Waals surface area contributed by atoms with Crippen LogP contribution in [0.15, 0.2) is 6.07 Å². The van der Waals surface area contributed by atoms with Crippen molar-refractivity contribution in [2.24, 2.45) is 0 Å². The Labute approximate surface area is 161 Å². The van der Waals surface area contributed by atoms with Gasteiger partial charge in [0.25, 0.3) is 0 Å². The van der Waals surface area contributed by atoms with E-state index in [-0.39, 0.29) is 24.0 Å². The first-order valence-electron chi connectivity index (χ1n) is 9.58. The smallest absolute Gasteiger partial charge is 0.315 e. The monoisotopic (exact) mass is 376 g/mol. The highest BCUT2D eigenvalue weighted by Crippen LogP contribution is 2.23. The molecule has 8 heteroatoms. The van der Waals surface area contributed by atoms with Crippen LogP contribution in [0.2, 0.25) is 0 Å². The number of carbonyl (C=O) groups excluding carboxylic acids is 2. The molecule has 27 heavy (non-hydrogen) atoms. The van der Waals surface area contributed by atoms with E-state index in [1.54, 1.807) is 13.8 Å². The van der Waals surface area contributed by atoms with Crippen LogP contribution < -0.4 is 20.9 Å². The summed E-state index contributed by atoms with van der Waals surface area (Å²) in [6.45, 7) is 12.6. The van der Waals surface area contributed by atoms with Crippen LogP contribution in [0.1, 0.15) is 51.9 Å². The summed E-state index contributed by atoms with van der Waals surface area (Å²) >= 11 is 0. The number of amides is 3. The fourth-order valence-electron chi connectivity index (χ4n) is 3.24. The van der Waals surface area contributed by atoms with Gasteiger partial charge in [-0.3, -0.25) is 4.79 Å². The number of nitrogens with zero attached hydrogens (tertiary/aromatic N) is 3. The highest BCUT2D eigenvalue weighted by molar-refractivity contribution is 5.90. The maximum atomic E-state index is 12.7. The van der Waals surface area contributed by atoms with Crippen LogP contribution in [0.25, 0.3) is 0 Å². The first kappa shape index (κ1) is 20.9. The molecule has 0 saturated carbocycles. The first-order valence-corrected chi connectivity index (χ1v) is 9.58. The first-order chi connectivity index (χ1) is 12.6. The average Bonchev–Trinajstić information content (AvgIpc) is 2.92. The molecule has 0 spiro atoms. The van der Waals surface area contributed by atoms with Crippen LogP contribution >= 0.6 is 0 Å². The molecule has 2 rings (SSSR count). The zero-order valence-electron chi connectivity index (χ0n) is 17.2. The Balaban J connectivity index is 1.97. The van der Waals surface area contributed by atoms with Crippen molar-refractivity contribution in [3.63, 3.8) is 0 Å². The third-order valence-corrected chi connectivity index (χ3v) is 4.67. The van der Waals surface area contributed by atoms with E-state index in [1.165, 1.54) is 0 Å². The SMILES string of the molecule is CCCNC(=O)NC(C)(C)C(=O)NC1CC(C)N(c2nc(C)cc(C)n2)C1. The Morgan fingerprint density at radius 3 is 2.48 bits per heavy atom. The van der Waals surface area contributed by atoms with Crippen molar-refractivity contribution < 1.29 is 9.59 Å². The van der Waals surface area contributed by atoms with Crippen LogP contribution in [0, 0.1) is 13.8 Å². The maximum Gasteiger partial charge on any atom is 0.315 e. The summed E-state index contributed by atoms with van der Waals surface area (Å²) in [4.78, 5) is 35.8. The summed E-state index contributed by atoms with van der Waals surface area (Å²) in [5.74, 6) is 0.502. The lowest BCUT2D eigenvalue weighted by molar-refractivity contribution is -0.126. The zero-order chi connectivity index (χ0) is 20.2. The molecular formula is C19H32N6O2. The molecule has 2 heterocycles. The summed E-state index contributed by atoms with van der Waals surface area (Å²) in [7, 11) is 0. The van der Waals surface area contributed by atoms with Gasteiger partial charge in [-0.1, -0.05) is 6.92 Å². The Hall–Kier alpha value is -2.38. The quantitative estimate of drug-likeness (QED) is 0.701. The van der Waals surface area contributed by atoms with E-state index in [9.17, 15) is 9.59 Å². The van der Waals surface area contributed by atoms with Crippen molar-refractivity contribution in [3.05, 3.63) is 17.5 Å². The van der Waals surface area contributed by atoms with E-state index in [0.717, 1.165) is 24.2 Å². The zero-order valence-corrected chi connectivity index (χ0v) is 17.2. The number of rotatable bonds is 6. The number of urea groups is 1. The van der Waals surface area contributed by atoms with Crippen molar-refractivity contribution in [2.45, 2.75) is 72.0 Å². The average molecular weight is 377 g/mol. The fourth-order valence-corrected chi connectivity index (χ4v) is 3.24. The molecule has 3 N–H and O–H groups in total. The standard InChI is InChI=1S/C19H32N6O2/c1-7-8-20-18(27)24-19(5,6)16(26)23-15-10-14(4)25(11-15)17-21-12(2)9-13(3)22-17/h9,14-15H,7-8,10-11H2,1-6H3,(H,23,26)(H2,20,24,27). The Morgan fingerprint density at radius 2 is 1.89 bits per heavy atom. The van der Waals surface area contributed by atoms with E-state index in [0.29, 0.717) is 19.0 Å². The third kappa shape index (κ3) is 5.55. The van der Waals surface area contributed by atoms with Gasteiger partial charge in [0.1, 0.15) is 5.54 Å². The van der Waals surface area contributed by atoms with E-state index in [4.69, 9.17) is 0 Å². The molecule has 1 aromatic heterocycles. The molecule has 2 unspecified atom stereocenters. The third-order valence-electron chi connectivity index (χ3n) is 4.67. The lowest BCUT2D eigenvalue weighted by atomic mass is 10.0. The minimum Gasteiger partial charge on any atom is -0.349 e. The molecule has 8 nitrogen and oxygen atoms in total. The Bertz CT molecular complexity index is 671. The van der Waals surface area contributed by atoms with Gasteiger partial charge < -0.3 is 20.9 Å². The van der Waals surface area contributed by atoms with Gasteiger partial charge in [0.05, 0.1) is 0 Å². The van der Waals surface area contributed by atoms with Crippen molar-refractivity contribution in [2.75, 3.05) is 18.0 Å². The second kappa shape index (κ2) is 8.54. The number of anilines is 1. The number of hydrogen-bond donors (Lipinski definition) is 3. The van der Waals surface area contributed by atoms with Crippen LogP contribution in [-0.2, 0) is 4.79 Å². The van der Waals surface area contributed by atoms with E-state index >= 15 is 0 Å². The second-order valence-electron chi connectivity index (χ2n) is 7.86. The largest absolute Gasteiger partial charge is 0.349 e. The van der Waals surface area contributed by atoms with Gasteiger partial charge in [-0.25, -0.2) is 14.8 Å². The van der Waals surface area contributed by atoms with E-state index < -0.39 is 5.54 Å².